The topological polar surface area (TPSA) is 74.6 Å². The maximum atomic E-state index is 12.5. The summed E-state index contributed by atoms with van der Waals surface area (Å²) in [7, 11) is 0. The van der Waals surface area contributed by atoms with Crippen LogP contribution in [0.15, 0.2) is 0 Å². The van der Waals surface area contributed by atoms with Crippen molar-refractivity contribution in [2.45, 2.75) is 71.0 Å². The molecule has 0 spiro atoms. The first kappa shape index (κ1) is 15.8. The van der Waals surface area contributed by atoms with Crippen molar-refractivity contribution >= 4 is 11.6 Å². The van der Waals surface area contributed by atoms with Gasteiger partial charge in [-0.3, -0.25) is 9.59 Å². The Hall–Kier alpha value is -0.740. The molecule has 4 aliphatic carbocycles. The molecule has 0 amide bonds. The second kappa shape index (κ2) is 4.89. The van der Waals surface area contributed by atoms with Crippen LogP contribution in [0, 0.1) is 34.5 Å². The van der Waals surface area contributed by atoms with Crippen LogP contribution in [0.2, 0.25) is 0 Å². The monoisotopic (exact) mass is 320 g/mol. The molecule has 8 atom stereocenters. The molecule has 0 aromatic carbocycles. The van der Waals surface area contributed by atoms with Crippen LogP contribution in [0.1, 0.15) is 58.8 Å². The van der Waals surface area contributed by atoms with Crippen LogP contribution >= 0.6 is 0 Å². The number of aliphatic hydroxyl groups excluding tert-OH is 2. The summed E-state index contributed by atoms with van der Waals surface area (Å²) in [5.74, 6) is 1.34. The fraction of sp³-hybridized carbons (Fsp3) is 0.895. The summed E-state index contributed by atoms with van der Waals surface area (Å²) in [5, 5.41) is 21.4. The van der Waals surface area contributed by atoms with Gasteiger partial charge < -0.3 is 10.2 Å². The molecule has 4 aliphatic rings. The van der Waals surface area contributed by atoms with E-state index in [-0.39, 0.29) is 23.5 Å². The third-order valence-electron chi connectivity index (χ3n) is 8.29. The standard InChI is InChI=1S/C19H28O4/c1-18-6-5-11(20)7-10(18)3-4-12-13(18)8-15(22)19(2)16(23)9-14(21)17(12)19/h10,12-15,17,21-22H,3-9H2,1-2H3/t10-,12?,13?,14-,15?,17?,18?,19?/m0/s1. The molecular weight excluding hydrogens is 292 g/mol. The molecular formula is C19H28O4. The van der Waals surface area contributed by atoms with Gasteiger partial charge in [-0.2, -0.15) is 0 Å². The van der Waals surface area contributed by atoms with Crippen LogP contribution in [0.4, 0.5) is 0 Å². The van der Waals surface area contributed by atoms with Gasteiger partial charge in [-0.05, 0) is 55.8 Å². The smallest absolute Gasteiger partial charge is 0.144 e. The van der Waals surface area contributed by atoms with Crippen LogP contribution in [0.5, 0.6) is 0 Å². The largest absolute Gasteiger partial charge is 0.392 e. The number of aliphatic hydroxyl groups is 2. The van der Waals surface area contributed by atoms with E-state index in [0.717, 1.165) is 19.3 Å². The number of hydrogen-bond donors (Lipinski definition) is 2. The number of Topliss-reactive ketones (excluding diaryl/α,β-unsaturated/α-hetero) is 2. The molecule has 4 heteroatoms. The molecule has 23 heavy (non-hydrogen) atoms. The van der Waals surface area contributed by atoms with E-state index in [1.165, 1.54) is 0 Å². The van der Waals surface area contributed by atoms with Crippen LogP contribution in [0.3, 0.4) is 0 Å². The first-order valence-electron chi connectivity index (χ1n) is 9.19. The summed E-state index contributed by atoms with van der Waals surface area (Å²) in [4.78, 5) is 24.3. The average molecular weight is 320 g/mol. The minimum absolute atomic E-state index is 0.0343. The van der Waals surface area contributed by atoms with E-state index in [4.69, 9.17) is 0 Å². The molecule has 128 valence electrons. The van der Waals surface area contributed by atoms with Gasteiger partial charge >= 0.3 is 0 Å². The lowest BCUT2D eigenvalue weighted by Crippen LogP contribution is -2.59. The number of carbonyl (C=O) groups excluding carboxylic acids is 2. The summed E-state index contributed by atoms with van der Waals surface area (Å²) in [6.07, 6.45) is 3.80. The maximum Gasteiger partial charge on any atom is 0.144 e. The minimum atomic E-state index is -0.770. The minimum Gasteiger partial charge on any atom is -0.392 e. The van der Waals surface area contributed by atoms with Crippen molar-refractivity contribution in [2.24, 2.45) is 34.5 Å². The number of rotatable bonds is 0. The van der Waals surface area contributed by atoms with Gasteiger partial charge in [0.15, 0.2) is 0 Å². The van der Waals surface area contributed by atoms with Crippen molar-refractivity contribution in [3.05, 3.63) is 0 Å². The summed E-state index contributed by atoms with van der Waals surface area (Å²) in [6.45, 7) is 4.16. The highest BCUT2D eigenvalue weighted by Gasteiger charge is 2.65. The quantitative estimate of drug-likeness (QED) is 0.717. The molecule has 4 rings (SSSR count). The third-order valence-corrected chi connectivity index (χ3v) is 8.29. The Balaban J connectivity index is 1.72. The molecule has 4 nitrogen and oxygen atoms in total. The molecule has 0 aromatic heterocycles. The number of ketones is 2. The van der Waals surface area contributed by atoms with Crippen molar-refractivity contribution in [3.8, 4) is 0 Å². The van der Waals surface area contributed by atoms with Crippen LogP contribution < -0.4 is 0 Å². The highest BCUT2D eigenvalue weighted by atomic mass is 16.3. The van der Waals surface area contributed by atoms with E-state index in [0.29, 0.717) is 42.8 Å². The zero-order chi connectivity index (χ0) is 16.6. The number of fused-ring (bicyclic) bond motifs is 5. The Bertz CT molecular complexity index is 558. The Morgan fingerprint density at radius 1 is 1.09 bits per heavy atom. The number of hydrogen-bond acceptors (Lipinski definition) is 4. The lowest BCUT2D eigenvalue weighted by atomic mass is 9.44. The van der Waals surface area contributed by atoms with Crippen molar-refractivity contribution in [2.75, 3.05) is 0 Å². The second-order valence-electron chi connectivity index (χ2n) is 9.05. The van der Waals surface area contributed by atoms with E-state index in [1.54, 1.807) is 0 Å². The summed E-state index contributed by atoms with van der Waals surface area (Å²) < 4.78 is 0. The van der Waals surface area contributed by atoms with Gasteiger partial charge in [0, 0.05) is 25.2 Å². The van der Waals surface area contributed by atoms with Gasteiger partial charge in [-0.1, -0.05) is 6.92 Å². The van der Waals surface area contributed by atoms with E-state index in [1.807, 2.05) is 6.92 Å². The summed E-state index contributed by atoms with van der Waals surface area (Å²) in [5.41, 5.74) is -0.696. The number of carbonyl (C=O) groups is 2. The van der Waals surface area contributed by atoms with Crippen molar-refractivity contribution in [1.29, 1.82) is 0 Å². The molecule has 0 radical (unpaired) electrons. The van der Waals surface area contributed by atoms with Crippen LogP contribution in [0.25, 0.3) is 0 Å². The molecule has 0 aromatic rings. The van der Waals surface area contributed by atoms with E-state index >= 15 is 0 Å². The van der Waals surface area contributed by atoms with Crippen molar-refractivity contribution in [3.63, 3.8) is 0 Å². The van der Waals surface area contributed by atoms with E-state index in [2.05, 4.69) is 6.92 Å². The average Bonchev–Trinajstić information content (AvgIpc) is 2.73. The maximum absolute atomic E-state index is 12.5. The zero-order valence-corrected chi connectivity index (χ0v) is 14.1. The molecule has 2 N–H and O–H groups in total. The van der Waals surface area contributed by atoms with Crippen LogP contribution in [-0.4, -0.2) is 34.0 Å². The Kier molecular flexibility index (Phi) is 3.35. The SMILES string of the molecule is CC12C(=O)C[C@H](O)C1C1CC[C@H]3CC(=O)CCC3(C)C1CC2O. The first-order chi connectivity index (χ1) is 10.8. The lowest BCUT2D eigenvalue weighted by molar-refractivity contribution is -0.175. The molecule has 0 bridgehead atoms. The lowest BCUT2D eigenvalue weighted by Gasteiger charge is -2.60. The molecule has 4 saturated carbocycles. The Labute approximate surface area is 137 Å². The highest BCUT2D eigenvalue weighted by molar-refractivity contribution is 5.88. The van der Waals surface area contributed by atoms with Crippen molar-refractivity contribution < 1.29 is 19.8 Å². The second-order valence-corrected chi connectivity index (χ2v) is 9.05. The van der Waals surface area contributed by atoms with Gasteiger partial charge in [0.2, 0.25) is 0 Å². The van der Waals surface area contributed by atoms with Crippen molar-refractivity contribution in [1.82, 2.24) is 0 Å². The predicted molar refractivity (Wildman–Crippen MR) is 84.5 cm³/mol. The van der Waals surface area contributed by atoms with Gasteiger partial charge in [-0.25, -0.2) is 0 Å². The first-order valence-corrected chi connectivity index (χ1v) is 9.19. The van der Waals surface area contributed by atoms with E-state index < -0.39 is 17.6 Å². The fourth-order valence-corrected chi connectivity index (χ4v) is 6.85. The van der Waals surface area contributed by atoms with Crippen LogP contribution in [-0.2, 0) is 9.59 Å². The molecule has 6 unspecified atom stereocenters. The Morgan fingerprint density at radius 3 is 2.57 bits per heavy atom. The third kappa shape index (κ3) is 1.91. The van der Waals surface area contributed by atoms with Gasteiger partial charge in [-0.15, -0.1) is 0 Å². The summed E-state index contributed by atoms with van der Waals surface area (Å²) in [6, 6.07) is 0. The van der Waals surface area contributed by atoms with Gasteiger partial charge in [0.25, 0.3) is 0 Å². The zero-order valence-electron chi connectivity index (χ0n) is 14.1. The predicted octanol–water partition coefficient (Wildman–Crippen LogP) is 2.11. The van der Waals surface area contributed by atoms with E-state index in [9.17, 15) is 19.8 Å². The highest BCUT2D eigenvalue weighted by Crippen LogP contribution is 2.65. The molecule has 0 aliphatic heterocycles. The fourth-order valence-electron chi connectivity index (χ4n) is 6.85. The van der Waals surface area contributed by atoms with Gasteiger partial charge in [0.05, 0.1) is 17.6 Å². The molecule has 0 saturated heterocycles. The Morgan fingerprint density at radius 2 is 1.83 bits per heavy atom. The van der Waals surface area contributed by atoms with Gasteiger partial charge in [0.1, 0.15) is 11.6 Å². The molecule has 0 heterocycles. The normalized spacial score (nSPS) is 56.0. The summed E-state index contributed by atoms with van der Waals surface area (Å²) >= 11 is 0. The molecule has 4 fully saturated rings.